The molecule has 0 aliphatic heterocycles. The Morgan fingerprint density at radius 3 is 2.38 bits per heavy atom. The van der Waals surface area contributed by atoms with Crippen LogP contribution in [0.1, 0.15) is 60.1 Å². The third-order valence-electron chi connectivity index (χ3n) is 4.54. The van der Waals surface area contributed by atoms with Crippen LogP contribution in [0.25, 0.3) is 0 Å². The molecule has 1 heterocycles. The molecule has 1 N–H and O–H groups in total. The van der Waals surface area contributed by atoms with E-state index < -0.39 is 0 Å². The molecule has 1 atom stereocenters. The first kappa shape index (κ1) is 15.1. The van der Waals surface area contributed by atoms with Crippen LogP contribution in [0.4, 0.5) is 0 Å². The number of nitrogens with one attached hydrogen (secondary N) is 1. The standard InChI is InChI=1S/C18H22ClNS/c1-20-17(18-16(19)11-12-21-18)15-9-7-14(8-10-15)13-5-3-2-4-6-13/h7-13,17,20H,2-6H2,1H3. The molecule has 1 aliphatic rings. The van der Waals surface area contributed by atoms with E-state index >= 15 is 0 Å². The summed E-state index contributed by atoms with van der Waals surface area (Å²) in [5, 5.41) is 6.30. The van der Waals surface area contributed by atoms with Crippen LogP contribution < -0.4 is 5.32 Å². The van der Waals surface area contributed by atoms with Crippen molar-refractivity contribution in [3.63, 3.8) is 0 Å². The monoisotopic (exact) mass is 319 g/mol. The molecule has 1 fully saturated rings. The SMILES string of the molecule is CNC(c1ccc(C2CCCCC2)cc1)c1sccc1Cl. The normalized spacial score (nSPS) is 17.8. The summed E-state index contributed by atoms with van der Waals surface area (Å²) in [4.78, 5) is 1.20. The molecule has 3 heteroatoms. The lowest BCUT2D eigenvalue weighted by molar-refractivity contribution is 0.443. The first-order valence-electron chi connectivity index (χ1n) is 7.79. The third-order valence-corrected chi connectivity index (χ3v) is 5.97. The van der Waals surface area contributed by atoms with E-state index in [4.69, 9.17) is 11.6 Å². The minimum atomic E-state index is 0.193. The number of hydrogen-bond donors (Lipinski definition) is 1. The molecule has 3 rings (SSSR count). The maximum Gasteiger partial charge on any atom is 0.0683 e. The van der Waals surface area contributed by atoms with Gasteiger partial charge < -0.3 is 5.32 Å². The predicted octanol–water partition coefficient (Wildman–Crippen LogP) is 5.76. The highest BCUT2D eigenvalue weighted by atomic mass is 35.5. The van der Waals surface area contributed by atoms with Gasteiger partial charge in [0.05, 0.1) is 11.1 Å². The smallest absolute Gasteiger partial charge is 0.0683 e. The zero-order chi connectivity index (χ0) is 14.7. The van der Waals surface area contributed by atoms with E-state index in [1.54, 1.807) is 11.3 Å². The van der Waals surface area contributed by atoms with E-state index in [1.165, 1.54) is 48.1 Å². The van der Waals surface area contributed by atoms with E-state index in [1.807, 2.05) is 13.1 Å². The fraction of sp³-hybridized carbons (Fsp3) is 0.444. The molecule has 0 spiro atoms. The van der Waals surface area contributed by atoms with Gasteiger partial charge in [0, 0.05) is 4.88 Å². The Bertz CT molecular complexity index is 569. The maximum absolute atomic E-state index is 6.29. The number of halogens is 1. The van der Waals surface area contributed by atoms with Crippen molar-refractivity contribution in [3.05, 3.63) is 56.7 Å². The second kappa shape index (κ2) is 6.95. The third kappa shape index (κ3) is 3.33. The van der Waals surface area contributed by atoms with Crippen molar-refractivity contribution >= 4 is 22.9 Å². The van der Waals surface area contributed by atoms with Crippen LogP contribution in [0.15, 0.2) is 35.7 Å². The fourth-order valence-electron chi connectivity index (χ4n) is 3.36. The summed E-state index contributed by atoms with van der Waals surface area (Å²) in [6.07, 6.45) is 6.89. The predicted molar refractivity (Wildman–Crippen MR) is 92.5 cm³/mol. The molecule has 0 saturated heterocycles. The van der Waals surface area contributed by atoms with Crippen molar-refractivity contribution in [3.8, 4) is 0 Å². The molecule has 1 saturated carbocycles. The molecular formula is C18H22ClNS. The van der Waals surface area contributed by atoms with Crippen molar-refractivity contribution in [2.45, 2.75) is 44.1 Å². The second-order valence-corrected chi connectivity index (χ2v) is 7.21. The van der Waals surface area contributed by atoms with Crippen molar-refractivity contribution < 1.29 is 0 Å². The number of rotatable bonds is 4. The summed E-state index contributed by atoms with van der Waals surface area (Å²) in [5.41, 5.74) is 2.80. The molecule has 0 bridgehead atoms. The second-order valence-electron chi connectivity index (χ2n) is 5.86. The van der Waals surface area contributed by atoms with Gasteiger partial charge in [-0.25, -0.2) is 0 Å². The van der Waals surface area contributed by atoms with E-state index in [9.17, 15) is 0 Å². The van der Waals surface area contributed by atoms with E-state index in [0.717, 1.165) is 10.9 Å². The summed E-state index contributed by atoms with van der Waals surface area (Å²) in [6, 6.07) is 11.3. The Morgan fingerprint density at radius 1 is 1.10 bits per heavy atom. The molecule has 0 radical (unpaired) electrons. The maximum atomic E-state index is 6.29. The number of thiophene rings is 1. The van der Waals surface area contributed by atoms with Gasteiger partial charge in [0.25, 0.3) is 0 Å². The molecule has 2 aromatic rings. The van der Waals surface area contributed by atoms with Crippen molar-refractivity contribution in [1.82, 2.24) is 5.32 Å². The van der Waals surface area contributed by atoms with E-state index in [-0.39, 0.29) is 6.04 Å². The van der Waals surface area contributed by atoms with Gasteiger partial charge in [-0.15, -0.1) is 11.3 Å². The molecule has 1 aromatic heterocycles. The zero-order valence-electron chi connectivity index (χ0n) is 12.4. The Hall–Kier alpha value is -0.830. The lowest BCUT2D eigenvalue weighted by Gasteiger charge is -2.23. The highest BCUT2D eigenvalue weighted by molar-refractivity contribution is 7.10. The summed E-state index contributed by atoms with van der Waals surface area (Å²) >= 11 is 8.00. The summed E-state index contributed by atoms with van der Waals surface area (Å²) < 4.78 is 0. The molecular weight excluding hydrogens is 298 g/mol. The van der Waals surface area contributed by atoms with Gasteiger partial charge in [0.2, 0.25) is 0 Å². The average molecular weight is 320 g/mol. The summed E-state index contributed by atoms with van der Waals surface area (Å²) in [7, 11) is 2.00. The minimum Gasteiger partial charge on any atom is -0.309 e. The Morgan fingerprint density at radius 2 is 1.81 bits per heavy atom. The largest absolute Gasteiger partial charge is 0.309 e. The van der Waals surface area contributed by atoms with Gasteiger partial charge in [-0.3, -0.25) is 0 Å². The first-order chi connectivity index (χ1) is 10.3. The van der Waals surface area contributed by atoms with Crippen LogP contribution in [-0.4, -0.2) is 7.05 Å². The first-order valence-corrected chi connectivity index (χ1v) is 9.05. The fourth-order valence-corrected chi connectivity index (χ4v) is 4.66. The molecule has 0 amide bonds. The van der Waals surface area contributed by atoms with Crippen molar-refractivity contribution in [1.29, 1.82) is 0 Å². The number of benzene rings is 1. The van der Waals surface area contributed by atoms with Gasteiger partial charge in [0.1, 0.15) is 0 Å². The van der Waals surface area contributed by atoms with Gasteiger partial charge in [-0.1, -0.05) is 55.1 Å². The summed E-state index contributed by atoms with van der Waals surface area (Å²) in [5.74, 6) is 0.770. The van der Waals surface area contributed by atoms with Crippen molar-refractivity contribution in [2.75, 3.05) is 7.05 Å². The number of hydrogen-bond acceptors (Lipinski definition) is 2. The quantitative estimate of drug-likeness (QED) is 0.755. The topological polar surface area (TPSA) is 12.0 Å². The Labute approximate surface area is 136 Å². The van der Waals surface area contributed by atoms with Gasteiger partial charge in [0.15, 0.2) is 0 Å². The van der Waals surface area contributed by atoms with Crippen LogP contribution in [0.2, 0.25) is 5.02 Å². The Kier molecular flexibility index (Phi) is 4.99. The van der Waals surface area contributed by atoms with Gasteiger partial charge in [-0.2, -0.15) is 0 Å². The van der Waals surface area contributed by atoms with Crippen LogP contribution in [0, 0.1) is 0 Å². The van der Waals surface area contributed by atoms with Crippen molar-refractivity contribution in [2.24, 2.45) is 0 Å². The van der Waals surface area contributed by atoms with Gasteiger partial charge >= 0.3 is 0 Å². The van der Waals surface area contributed by atoms with Gasteiger partial charge in [-0.05, 0) is 48.4 Å². The molecule has 1 aliphatic carbocycles. The molecule has 112 valence electrons. The molecule has 1 unspecified atom stereocenters. The molecule has 21 heavy (non-hydrogen) atoms. The average Bonchev–Trinajstić information content (AvgIpc) is 2.96. The van der Waals surface area contributed by atoms with E-state index in [0.29, 0.717) is 0 Å². The zero-order valence-corrected chi connectivity index (χ0v) is 14.0. The lowest BCUT2D eigenvalue weighted by atomic mass is 9.83. The van der Waals surface area contributed by atoms with Crippen LogP contribution in [0.5, 0.6) is 0 Å². The van der Waals surface area contributed by atoms with Crippen LogP contribution >= 0.6 is 22.9 Å². The van der Waals surface area contributed by atoms with E-state index in [2.05, 4.69) is 35.0 Å². The molecule has 1 aromatic carbocycles. The lowest BCUT2D eigenvalue weighted by Crippen LogP contribution is -2.17. The molecule has 1 nitrogen and oxygen atoms in total. The highest BCUT2D eigenvalue weighted by Crippen LogP contribution is 2.35. The summed E-state index contributed by atoms with van der Waals surface area (Å²) in [6.45, 7) is 0. The highest BCUT2D eigenvalue weighted by Gasteiger charge is 2.18. The Balaban J connectivity index is 1.80. The minimum absolute atomic E-state index is 0.193. The van der Waals surface area contributed by atoms with Crippen LogP contribution in [0.3, 0.4) is 0 Å². The van der Waals surface area contributed by atoms with Crippen LogP contribution in [-0.2, 0) is 0 Å².